The maximum absolute atomic E-state index is 12.7. The van der Waals surface area contributed by atoms with Crippen molar-refractivity contribution in [1.29, 1.82) is 0 Å². The average molecular weight is 298 g/mol. The minimum Gasteiger partial charge on any atom is -0.508 e. The van der Waals surface area contributed by atoms with Gasteiger partial charge in [0.2, 0.25) is 0 Å². The summed E-state index contributed by atoms with van der Waals surface area (Å²) in [4.78, 5) is 17.1. The largest absolute Gasteiger partial charge is 0.508 e. The summed E-state index contributed by atoms with van der Waals surface area (Å²) >= 11 is 0. The Bertz CT molecular complexity index is 931. The van der Waals surface area contributed by atoms with Crippen molar-refractivity contribution in [3.05, 3.63) is 52.6 Å². The van der Waals surface area contributed by atoms with Crippen LogP contribution >= 0.6 is 0 Å². The number of aromatic nitrogens is 2. The fraction of sp³-hybridized carbons (Fsp3) is 0.125. The number of phenolic OH excluding ortho intramolecular Hbond substituents is 2. The van der Waals surface area contributed by atoms with Gasteiger partial charge < -0.3 is 14.9 Å². The Morgan fingerprint density at radius 1 is 1.18 bits per heavy atom. The van der Waals surface area contributed by atoms with E-state index in [1.165, 1.54) is 35.9 Å². The first kappa shape index (κ1) is 13.9. The molecule has 6 nitrogen and oxygen atoms in total. The molecule has 0 fully saturated rings. The van der Waals surface area contributed by atoms with Gasteiger partial charge in [0.05, 0.1) is 18.2 Å². The van der Waals surface area contributed by atoms with E-state index in [0.29, 0.717) is 22.4 Å². The summed E-state index contributed by atoms with van der Waals surface area (Å²) < 4.78 is 6.53. The summed E-state index contributed by atoms with van der Waals surface area (Å²) in [5.74, 6) is 0.580. The molecule has 3 rings (SSSR count). The topological polar surface area (TPSA) is 84.6 Å². The van der Waals surface area contributed by atoms with E-state index < -0.39 is 0 Å². The number of aryl methyl sites for hydroxylation is 1. The smallest absolute Gasteiger partial charge is 0.266 e. The summed E-state index contributed by atoms with van der Waals surface area (Å²) in [6, 6.07) is 9.27. The number of hydrogen-bond donors (Lipinski definition) is 2. The van der Waals surface area contributed by atoms with E-state index in [9.17, 15) is 15.0 Å². The van der Waals surface area contributed by atoms with Gasteiger partial charge in [-0.2, -0.15) is 0 Å². The van der Waals surface area contributed by atoms with Crippen LogP contribution in [0.25, 0.3) is 16.6 Å². The van der Waals surface area contributed by atoms with Crippen LogP contribution in [0.3, 0.4) is 0 Å². The van der Waals surface area contributed by atoms with E-state index in [4.69, 9.17) is 4.74 Å². The van der Waals surface area contributed by atoms with Crippen LogP contribution < -0.4 is 10.3 Å². The number of nitrogens with zero attached hydrogens (tertiary/aromatic N) is 2. The number of phenols is 2. The van der Waals surface area contributed by atoms with Gasteiger partial charge in [-0.05, 0) is 31.2 Å². The van der Waals surface area contributed by atoms with Gasteiger partial charge >= 0.3 is 0 Å². The molecule has 0 aliphatic rings. The van der Waals surface area contributed by atoms with Gasteiger partial charge in [-0.25, -0.2) is 4.98 Å². The van der Waals surface area contributed by atoms with Gasteiger partial charge in [0, 0.05) is 6.07 Å². The van der Waals surface area contributed by atoms with Crippen molar-refractivity contribution >= 4 is 10.9 Å². The third-order valence-corrected chi connectivity index (χ3v) is 3.43. The fourth-order valence-corrected chi connectivity index (χ4v) is 2.46. The van der Waals surface area contributed by atoms with Crippen molar-refractivity contribution in [1.82, 2.24) is 9.55 Å². The Kier molecular flexibility index (Phi) is 3.21. The van der Waals surface area contributed by atoms with Crippen LogP contribution in [0, 0.1) is 6.92 Å². The summed E-state index contributed by atoms with van der Waals surface area (Å²) in [5, 5.41) is 19.7. The third-order valence-electron chi connectivity index (χ3n) is 3.43. The maximum Gasteiger partial charge on any atom is 0.266 e. The zero-order valence-electron chi connectivity index (χ0n) is 12.1. The Labute approximate surface area is 125 Å². The summed E-state index contributed by atoms with van der Waals surface area (Å²) in [7, 11) is 1.41. The highest BCUT2D eigenvalue weighted by Gasteiger charge is 2.15. The van der Waals surface area contributed by atoms with Crippen molar-refractivity contribution in [2.75, 3.05) is 7.11 Å². The Hall–Kier alpha value is -3.02. The molecule has 0 atom stereocenters. The summed E-state index contributed by atoms with van der Waals surface area (Å²) in [5.41, 5.74) is 0.525. The molecule has 6 heteroatoms. The maximum atomic E-state index is 12.7. The Morgan fingerprint density at radius 3 is 2.64 bits per heavy atom. The van der Waals surface area contributed by atoms with Crippen molar-refractivity contribution in [3.63, 3.8) is 0 Å². The zero-order chi connectivity index (χ0) is 15.9. The number of aromatic hydroxyl groups is 2. The second-order valence-corrected chi connectivity index (χ2v) is 4.83. The van der Waals surface area contributed by atoms with Crippen molar-refractivity contribution < 1.29 is 14.9 Å². The van der Waals surface area contributed by atoms with Crippen LogP contribution in [-0.2, 0) is 0 Å². The molecule has 0 saturated heterocycles. The minimum absolute atomic E-state index is 0.0622. The van der Waals surface area contributed by atoms with E-state index in [-0.39, 0.29) is 22.8 Å². The highest BCUT2D eigenvalue weighted by atomic mass is 16.5. The van der Waals surface area contributed by atoms with Gasteiger partial charge in [-0.15, -0.1) is 0 Å². The van der Waals surface area contributed by atoms with Crippen molar-refractivity contribution in [2.45, 2.75) is 6.92 Å². The number of rotatable bonds is 2. The first-order valence-corrected chi connectivity index (χ1v) is 6.61. The second-order valence-electron chi connectivity index (χ2n) is 4.83. The molecule has 0 radical (unpaired) electrons. The minimum atomic E-state index is -0.300. The number of hydrogen-bond acceptors (Lipinski definition) is 5. The summed E-state index contributed by atoms with van der Waals surface area (Å²) in [6.45, 7) is 1.67. The molecule has 2 aromatic carbocycles. The van der Waals surface area contributed by atoms with E-state index in [0.717, 1.165) is 0 Å². The van der Waals surface area contributed by atoms with Crippen LogP contribution in [0.5, 0.6) is 17.2 Å². The SMILES string of the molecule is COc1c(O)ccc2c(=O)n(-c3cccc(O)c3)c(C)nc12. The van der Waals surface area contributed by atoms with Crippen LogP contribution in [0.2, 0.25) is 0 Å². The molecule has 0 bridgehead atoms. The van der Waals surface area contributed by atoms with Gasteiger partial charge in [0.1, 0.15) is 17.1 Å². The van der Waals surface area contributed by atoms with Crippen LogP contribution in [0.4, 0.5) is 0 Å². The van der Waals surface area contributed by atoms with Crippen molar-refractivity contribution in [3.8, 4) is 22.9 Å². The molecule has 0 aliphatic heterocycles. The standard InChI is InChI=1S/C16H14N2O4/c1-9-17-14-12(6-7-13(20)15(14)22-2)16(21)18(9)10-4-3-5-11(19)8-10/h3-8,19-20H,1-2H3. The van der Waals surface area contributed by atoms with Gasteiger partial charge in [-0.1, -0.05) is 6.07 Å². The number of ether oxygens (including phenoxy) is 1. The number of fused-ring (bicyclic) bond motifs is 1. The Morgan fingerprint density at radius 2 is 1.95 bits per heavy atom. The number of methoxy groups -OCH3 is 1. The van der Waals surface area contributed by atoms with Crippen LogP contribution in [0.1, 0.15) is 5.82 Å². The predicted octanol–water partition coefficient (Wildman–Crippen LogP) is 2.11. The molecular formula is C16H14N2O4. The molecule has 0 aliphatic carbocycles. The highest BCUT2D eigenvalue weighted by Crippen LogP contribution is 2.32. The molecule has 22 heavy (non-hydrogen) atoms. The van der Waals surface area contributed by atoms with Crippen LogP contribution in [-0.4, -0.2) is 26.9 Å². The van der Waals surface area contributed by atoms with Gasteiger partial charge in [0.15, 0.2) is 11.5 Å². The number of benzene rings is 2. The lowest BCUT2D eigenvalue weighted by molar-refractivity contribution is 0.377. The molecule has 0 amide bonds. The molecule has 1 aromatic heterocycles. The monoisotopic (exact) mass is 298 g/mol. The first-order chi connectivity index (χ1) is 10.5. The molecule has 2 N–H and O–H groups in total. The van der Waals surface area contributed by atoms with Gasteiger partial charge in [-0.3, -0.25) is 9.36 Å². The molecule has 0 unspecified atom stereocenters. The highest BCUT2D eigenvalue weighted by molar-refractivity contribution is 5.86. The predicted molar refractivity (Wildman–Crippen MR) is 82.0 cm³/mol. The quantitative estimate of drug-likeness (QED) is 0.757. The Balaban J connectivity index is 2.40. The second kappa shape index (κ2) is 5.07. The van der Waals surface area contributed by atoms with E-state index in [2.05, 4.69) is 4.98 Å². The third kappa shape index (κ3) is 2.05. The van der Waals surface area contributed by atoms with E-state index >= 15 is 0 Å². The summed E-state index contributed by atoms with van der Waals surface area (Å²) in [6.07, 6.45) is 0. The lowest BCUT2D eigenvalue weighted by atomic mass is 10.2. The van der Waals surface area contributed by atoms with E-state index in [1.54, 1.807) is 19.1 Å². The van der Waals surface area contributed by atoms with Gasteiger partial charge in [0.25, 0.3) is 5.56 Å². The molecule has 1 heterocycles. The molecule has 112 valence electrons. The molecule has 0 spiro atoms. The van der Waals surface area contributed by atoms with Crippen molar-refractivity contribution in [2.24, 2.45) is 0 Å². The lowest BCUT2D eigenvalue weighted by Gasteiger charge is -2.13. The van der Waals surface area contributed by atoms with Crippen LogP contribution in [0.15, 0.2) is 41.2 Å². The normalized spacial score (nSPS) is 10.8. The average Bonchev–Trinajstić information content (AvgIpc) is 2.47. The molecule has 3 aromatic rings. The van der Waals surface area contributed by atoms with E-state index in [1.807, 2.05) is 0 Å². The molecule has 0 saturated carbocycles. The fourth-order valence-electron chi connectivity index (χ4n) is 2.46. The lowest BCUT2D eigenvalue weighted by Crippen LogP contribution is -2.22. The first-order valence-electron chi connectivity index (χ1n) is 6.61. The molecular weight excluding hydrogens is 284 g/mol. The zero-order valence-corrected chi connectivity index (χ0v) is 12.1.